The number of hydrogen-bond donors (Lipinski definition) is 0. The zero-order valence-corrected chi connectivity index (χ0v) is 16.3. The average molecular weight is 359 g/mol. The molecule has 0 aliphatic heterocycles. The number of unbranched alkanes of at least 4 members (excludes halogenated alkanes) is 6. The normalized spacial score (nSPS) is 11.6. The molecule has 0 saturated heterocycles. The Hall–Kier alpha value is -1.61. The summed E-state index contributed by atoms with van der Waals surface area (Å²) < 4.78 is 25.3. The summed E-state index contributed by atoms with van der Waals surface area (Å²) in [5, 5.41) is 0. The topological polar surface area (TPSA) is 34.1 Å². The first kappa shape index (κ1) is 19.7. The summed E-state index contributed by atoms with van der Waals surface area (Å²) in [6.07, 6.45) is 10.1. The van der Waals surface area contributed by atoms with Gasteiger partial charge in [-0.3, -0.25) is 0 Å². The molecule has 0 radical (unpaired) electrons. The lowest BCUT2D eigenvalue weighted by Gasteiger charge is -2.07. The standard InChI is InChI=1S/C22H30O2S/c1-3-4-5-6-7-8-9-10-20-13-17-22(18-14-20)25(23,24)21-15-11-19(2)12-16-21/h11-18H,3-10H2,1-2H3. The van der Waals surface area contributed by atoms with E-state index in [1.807, 2.05) is 31.2 Å². The summed E-state index contributed by atoms with van der Waals surface area (Å²) in [4.78, 5) is 0.734. The van der Waals surface area contributed by atoms with Gasteiger partial charge in [0.15, 0.2) is 0 Å². The maximum Gasteiger partial charge on any atom is 0.206 e. The maximum atomic E-state index is 12.6. The second-order valence-corrected chi connectivity index (χ2v) is 8.78. The van der Waals surface area contributed by atoms with E-state index in [1.165, 1.54) is 50.5 Å². The van der Waals surface area contributed by atoms with E-state index in [2.05, 4.69) is 6.92 Å². The van der Waals surface area contributed by atoms with Crippen LogP contribution in [0.25, 0.3) is 0 Å². The van der Waals surface area contributed by atoms with E-state index in [9.17, 15) is 8.42 Å². The predicted molar refractivity (Wildman–Crippen MR) is 105 cm³/mol. The van der Waals surface area contributed by atoms with Gasteiger partial charge in [0.05, 0.1) is 9.79 Å². The fourth-order valence-electron chi connectivity index (χ4n) is 2.98. The molecular formula is C22H30O2S. The van der Waals surface area contributed by atoms with Crippen molar-refractivity contribution in [1.82, 2.24) is 0 Å². The zero-order chi connectivity index (χ0) is 18.1. The largest absolute Gasteiger partial charge is 0.219 e. The molecule has 0 saturated carbocycles. The molecule has 0 aliphatic carbocycles. The summed E-state index contributed by atoms with van der Waals surface area (Å²) in [5.41, 5.74) is 2.28. The molecule has 0 amide bonds. The minimum absolute atomic E-state index is 0.359. The molecule has 136 valence electrons. The van der Waals surface area contributed by atoms with Crippen molar-refractivity contribution in [2.75, 3.05) is 0 Å². The Kier molecular flexibility index (Phi) is 7.70. The second kappa shape index (κ2) is 9.76. The molecule has 3 heteroatoms. The molecule has 2 aromatic rings. The van der Waals surface area contributed by atoms with Crippen molar-refractivity contribution in [3.8, 4) is 0 Å². The Morgan fingerprint density at radius 3 is 1.72 bits per heavy atom. The van der Waals surface area contributed by atoms with Gasteiger partial charge in [-0.1, -0.05) is 75.3 Å². The Morgan fingerprint density at radius 1 is 0.680 bits per heavy atom. The van der Waals surface area contributed by atoms with Gasteiger partial charge in [-0.25, -0.2) is 8.42 Å². The highest BCUT2D eigenvalue weighted by Gasteiger charge is 2.16. The molecule has 0 heterocycles. The average Bonchev–Trinajstić information content (AvgIpc) is 2.62. The zero-order valence-electron chi connectivity index (χ0n) is 15.5. The van der Waals surface area contributed by atoms with E-state index in [4.69, 9.17) is 0 Å². The van der Waals surface area contributed by atoms with Crippen LogP contribution in [0.5, 0.6) is 0 Å². The minimum Gasteiger partial charge on any atom is -0.219 e. The smallest absolute Gasteiger partial charge is 0.206 e. The fourth-order valence-corrected chi connectivity index (χ4v) is 4.24. The molecule has 2 nitrogen and oxygen atoms in total. The van der Waals surface area contributed by atoms with Crippen LogP contribution in [0.3, 0.4) is 0 Å². The Balaban J connectivity index is 1.88. The molecule has 0 aromatic heterocycles. The molecular weight excluding hydrogens is 328 g/mol. The quantitative estimate of drug-likeness (QED) is 0.479. The number of rotatable bonds is 10. The van der Waals surface area contributed by atoms with Crippen molar-refractivity contribution in [2.24, 2.45) is 0 Å². The molecule has 2 aromatic carbocycles. The van der Waals surface area contributed by atoms with Gasteiger partial charge in [-0.2, -0.15) is 0 Å². The first-order valence-corrected chi connectivity index (χ1v) is 10.9. The molecule has 0 spiro atoms. The highest BCUT2D eigenvalue weighted by Crippen LogP contribution is 2.22. The predicted octanol–water partition coefficient (Wildman–Crippen LogP) is 6.12. The van der Waals surface area contributed by atoms with Gasteiger partial charge in [-0.15, -0.1) is 0 Å². The van der Waals surface area contributed by atoms with Gasteiger partial charge in [0, 0.05) is 0 Å². The molecule has 2 rings (SSSR count). The van der Waals surface area contributed by atoms with Crippen LogP contribution in [-0.4, -0.2) is 8.42 Å². The van der Waals surface area contributed by atoms with Crippen molar-refractivity contribution in [2.45, 2.75) is 75.0 Å². The SMILES string of the molecule is CCCCCCCCCc1ccc(S(=O)(=O)c2ccc(C)cc2)cc1. The number of benzene rings is 2. The van der Waals surface area contributed by atoms with E-state index in [1.54, 1.807) is 24.3 Å². The molecule has 0 N–H and O–H groups in total. The van der Waals surface area contributed by atoms with Crippen LogP contribution in [0.2, 0.25) is 0 Å². The number of aryl methyl sites for hydroxylation is 2. The first-order valence-electron chi connectivity index (χ1n) is 9.44. The van der Waals surface area contributed by atoms with Gasteiger partial charge >= 0.3 is 0 Å². The third-order valence-corrected chi connectivity index (χ3v) is 6.42. The number of hydrogen-bond acceptors (Lipinski definition) is 2. The highest BCUT2D eigenvalue weighted by atomic mass is 32.2. The van der Waals surface area contributed by atoms with E-state index in [0.717, 1.165) is 12.0 Å². The van der Waals surface area contributed by atoms with E-state index in [-0.39, 0.29) is 0 Å². The van der Waals surface area contributed by atoms with Gasteiger partial charge in [0.1, 0.15) is 0 Å². The van der Waals surface area contributed by atoms with Crippen LogP contribution in [0.1, 0.15) is 63.0 Å². The van der Waals surface area contributed by atoms with Crippen LogP contribution in [0, 0.1) is 6.92 Å². The molecule has 25 heavy (non-hydrogen) atoms. The molecule has 0 unspecified atom stereocenters. The van der Waals surface area contributed by atoms with E-state index < -0.39 is 9.84 Å². The number of sulfone groups is 1. The minimum atomic E-state index is -3.41. The van der Waals surface area contributed by atoms with E-state index >= 15 is 0 Å². The van der Waals surface area contributed by atoms with Gasteiger partial charge in [-0.05, 0) is 49.6 Å². The Labute approximate surface area is 153 Å². The van der Waals surface area contributed by atoms with Gasteiger partial charge in [0.25, 0.3) is 0 Å². The summed E-state index contributed by atoms with van der Waals surface area (Å²) >= 11 is 0. The third kappa shape index (κ3) is 6.00. The molecule has 0 aliphatic rings. The monoisotopic (exact) mass is 358 g/mol. The molecule has 0 bridgehead atoms. The maximum absolute atomic E-state index is 12.6. The van der Waals surface area contributed by atoms with Crippen LogP contribution in [-0.2, 0) is 16.3 Å². The second-order valence-electron chi connectivity index (χ2n) is 6.83. The van der Waals surface area contributed by atoms with Crippen molar-refractivity contribution in [3.05, 3.63) is 59.7 Å². The van der Waals surface area contributed by atoms with Gasteiger partial charge < -0.3 is 0 Å². The van der Waals surface area contributed by atoms with E-state index in [0.29, 0.717) is 9.79 Å². The molecule has 0 atom stereocenters. The summed E-state index contributed by atoms with van der Waals surface area (Å²) in [6, 6.07) is 14.4. The lowest BCUT2D eigenvalue weighted by molar-refractivity contribution is 0.589. The van der Waals surface area contributed by atoms with Crippen molar-refractivity contribution in [1.29, 1.82) is 0 Å². The molecule has 0 fully saturated rings. The van der Waals surface area contributed by atoms with Crippen molar-refractivity contribution >= 4 is 9.84 Å². The summed E-state index contributed by atoms with van der Waals surface area (Å²) in [5.74, 6) is 0. The lowest BCUT2D eigenvalue weighted by atomic mass is 10.0. The lowest BCUT2D eigenvalue weighted by Crippen LogP contribution is -2.02. The van der Waals surface area contributed by atoms with Crippen LogP contribution < -0.4 is 0 Å². The summed E-state index contributed by atoms with van der Waals surface area (Å²) in [6.45, 7) is 4.19. The van der Waals surface area contributed by atoms with Gasteiger partial charge in [0.2, 0.25) is 9.84 Å². The summed E-state index contributed by atoms with van der Waals surface area (Å²) in [7, 11) is -3.41. The Morgan fingerprint density at radius 2 is 1.16 bits per heavy atom. The Bertz CT molecular complexity index is 729. The van der Waals surface area contributed by atoms with Crippen LogP contribution in [0.15, 0.2) is 58.3 Å². The fraction of sp³-hybridized carbons (Fsp3) is 0.455. The highest BCUT2D eigenvalue weighted by molar-refractivity contribution is 7.91. The van der Waals surface area contributed by atoms with Crippen LogP contribution >= 0.6 is 0 Å². The van der Waals surface area contributed by atoms with Crippen LogP contribution in [0.4, 0.5) is 0 Å². The third-order valence-electron chi connectivity index (χ3n) is 4.63. The van der Waals surface area contributed by atoms with Crippen molar-refractivity contribution in [3.63, 3.8) is 0 Å². The van der Waals surface area contributed by atoms with Crippen molar-refractivity contribution < 1.29 is 8.42 Å². The first-order chi connectivity index (χ1) is 12.0.